The number of piperidine rings is 1. The summed E-state index contributed by atoms with van der Waals surface area (Å²) in [6.07, 6.45) is 4.51. The fourth-order valence-electron chi connectivity index (χ4n) is 3.11. The summed E-state index contributed by atoms with van der Waals surface area (Å²) in [7, 11) is 0. The summed E-state index contributed by atoms with van der Waals surface area (Å²) in [5.41, 5.74) is -0.253. The molecular formula is C16H20N4O4. The van der Waals surface area contributed by atoms with Crippen LogP contribution in [0.4, 0.5) is 4.79 Å². The molecule has 2 aromatic heterocycles. The van der Waals surface area contributed by atoms with Crippen LogP contribution >= 0.6 is 0 Å². The van der Waals surface area contributed by atoms with Crippen molar-refractivity contribution in [2.75, 3.05) is 13.1 Å². The maximum absolute atomic E-state index is 12.7. The molecule has 0 aromatic carbocycles. The predicted molar refractivity (Wildman–Crippen MR) is 88.0 cm³/mol. The van der Waals surface area contributed by atoms with Crippen molar-refractivity contribution in [2.45, 2.75) is 31.5 Å². The topological polar surface area (TPSA) is 101 Å². The van der Waals surface area contributed by atoms with Gasteiger partial charge in [-0.1, -0.05) is 6.08 Å². The van der Waals surface area contributed by atoms with Gasteiger partial charge in [0.2, 0.25) is 0 Å². The quantitative estimate of drug-likeness (QED) is 0.810. The summed E-state index contributed by atoms with van der Waals surface area (Å²) < 4.78 is 3.17. The second kappa shape index (κ2) is 6.12. The van der Waals surface area contributed by atoms with Crippen LogP contribution in [0.5, 0.6) is 0 Å². The van der Waals surface area contributed by atoms with Gasteiger partial charge in [0.25, 0.3) is 5.56 Å². The van der Waals surface area contributed by atoms with E-state index < -0.39 is 11.7 Å². The number of likely N-dealkylation sites (tertiary alicyclic amines) is 1. The lowest BCUT2D eigenvalue weighted by Crippen LogP contribution is -2.49. The second-order valence-electron chi connectivity index (χ2n) is 6.16. The van der Waals surface area contributed by atoms with Gasteiger partial charge in [-0.05, 0) is 18.9 Å². The molecule has 2 aromatic rings. The van der Waals surface area contributed by atoms with Crippen molar-refractivity contribution < 1.29 is 15.0 Å². The van der Waals surface area contributed by atoms with Crippen molar-refractivity contribution in [1.82, 2.24) is 19.0 Å². The van der Waals surface area contributed by atoms with Crippen molar-refractivity contribution in [2.24, 2.45) is 0 Å². The normalized spacial score (nSPS) is 17.1. The van der Waals surface area contributed by atoms with Gasteiger partial charge in [0, 0.05) is 25.8 Å². The van der Waals surface area contributed by atoms with E-state index in [1.54, 1.807) is 22.9 Å². The maximum Gasteiger partial charge on any atom is 0.407 e. The van der Waals surface area contributed by atoms with Crippen molar-refractivity contribution in [3.63, 3.8) is 0 Å². The third-order valence-corrected chi connectivity index (χ3v) is 4.50. The highest BCUT2D eigenvalue weighted by Crippen LogP contribution is 2.24. The molecule has 0 saturated carbocycles. The molecule has 1 fully saturated rings. The van der Waals surface area contributed by atoms with Gasteiger partial charge < -0.3 is 19.7 Å². The van der Waals surface area contributed by atoms with Gasteiger partial charge in [0.1, 0.15) is 5.52 Å². The fourth-order valence-corrected chi connectivity index (χ4v) is 3.11. The first kappa shape index (κ1) is 16.3. The lowest BCUT2D eigenvalue weighted by molar-refractivity contribution is -0.0304. The number of nitrogens with zero attached hydrogens (tertiary/aromatic N) is 4. The molecule has 2 N–H and O–H groups in total. The zero-order chi connectivity index (χ0) is 17.3. The third-order valence-electron chi connectivity index (χ3n) is 4.50. The number of rotatable bonds is 4. The largest absolute Gasteiger partial charge is 0.465 e. The fraction of sp³-hybridized carbons (Fsp3) is 0.438. The molecule has 24 heavy (non-hydrogen) atoms. The van der Waals surface area contributed by atoms with Gasteiger partial charge >= 0.3 is 6.09 Å². The lowest BCUT2D eigenvalue weighted by Gasteiger charge is -2.37. The SMILES string of the molecule is C=CCn1ccc2ncn(CC3(O)CCN(C(=O)O)CC3)c(=O)c21. The molecule has 1 aliphatic rings. The van der Waals surface area contributed by atoms with E-state index in [-0.39, 0.29) is 38.0 Å². The summed E-state index contributed by atoms with van der Waals surface area (Å²) >= 11 is 0. The minimum atomic E-state index is -1.11. The number of fused-ring (bicyclic) bond motifs is 1. The van der Waals surface area contributed by atoms with Crippen LogP contribution < -0.4 is 5.56 Å². The Morgan fingerprint density at radius 1 is 1.38 bits per heavy atom. The van der Waals surface area contributed by atoms with Crippen LogP contribution in [-0.2, 0) is 13.1 Å². The Morgan fingerprint density at radius 2 is 2.08 bits per heavy atom. The van der Waals surface area contributed by atoms with E-state index in [2.05, 4.69) is 11.6 Å². The Morgan fingerprint density at radius 3 is 2.71 bits per heavy atom. The zero-order valence-electron chi connectivity index (χ0n) is 13.3. The summed E-state index contributed by atoms with van der Waals surface area (Å²) in [6.45, 7) is 4.78. The molecule has 0 unspecified atom stereocenters. The monoisotopic (exact) mass is 332 g/mol. The second-order valence-corrected chi connectivity index (χ2v) is 6.16. The Labute approximate surface area is 138 Å². The van der Waals surface area contributed by atoms with E-state index in [1.807, 2.05) is 0 Å². The van der Waals surface area contributed by atoms with Gasteiger partial charge in [0.15, 0.2) is 0 Å². The summed E-state index contributed by atoms with van der Waals surface area (Å²) in [5, 5.41) is 19.7. The van der Waals surface area contributed by atoms with Gasteiger partial charge in [-0.2, -0.15) is 0 Å². The van der Waals surface area contributed by atoms with Crippen LogP contribution in [0, 0.1) is 0 Å². The molecule has 8 nitrogen and oxygen atoms in total. The van der Waals surface area contributed by atoms with E-state index in [4.69, 9.17) is 5.11 Å². The van der Waals surface area contributed by atoms with Crippen molar-refractivity contribution in [3.8, 4) is 0 Å². The molecule has 0 spiro atoms. The van der Waals surface area contributed by atoms with Crippen LogP contribution in [0.15, 0.2) is 36.0 Å². The molecule has 0 atom stereocenters. The Hall–Kier alpha value is -2.61. The number of aliphatic hydroxyl groups is 1. The Bertz CT molecular complexity index is 830. The van der Waals surface area contributed by atoms with E-state index in [0.717, 1.165) is 0 Å². The van der Waals surface area contributed by atoms with Crippen LogP contribution in [-0.4, -0.2) is 54.0 Å². The molecule has 3 rings (SSSR count). The molecule has 1 amide bonds. The van der Waals surface area contributed by atoms with E-state index in [0.29, 0.717) is 17.6 Å². The molecule has 0 radical (unpaired) electrons. The van der Waals surface area contributed by atoms with Crippen molar-refractivity contribution in [3.05, 3.63) is 41.6 Å². The summed E-state index contributed by atoms with van der Waals surface area (Å²) in [4.78, 5) is 29.2. The van der Waals surface area contributed by atoms with Gasteiger partial charge in [-0.3, -0.25) is 9.36 Å². The molecule has 0 aliphatic carbocycles. The predicted octanol–water partition coefficient (Wildman–Crippen LogP) is 0.889. The molecule has 0 bridgehead atoms. The smallest absolute Gasteiger partial charge is 0.407 e. The van der Waals surface area contributed by atoms with Crippen LogP contribution in [0.2, 0.25) is 0 Å². The number of aromatic nitrogens is 3. The Kier molecular flexibility index (Phi) is 4.15. The highest BCUT2D eigenvalue weighted by molar-refractivity contribution is 5.74. The van der Waals surface area contributed by atoms with Crippen molar-refractivity contribution in [1.29, 1.82) is 0 Å². The average Bonchev–Trinajstić information content (AvgIpc) is 2.95. The average molecular weight is 332 g/mol. The molecule has 128 valence electrons. The van der Waals surface area contributed by atoms with Crippen LogP contribution in [0.25, 0.3) is 11.0 Å². The van der Waals surface area contributed by atoms with Gasteiger partial charge in [-0.15, -0.1) is 6.58 Å². The highest BCUT2D eigenvalue weighted by atomic mass is 16.4. The molecule has 1 saturated heterocycles. The minimum absolute atomic E-state index is 0.0987. The number of hydrogen-bond acceptors (Lipinski definition) is 4. The molecule has 1 aliphatic heterocycles. The van der Waals surface area contributed by atoms with Crippen molar-refractivity contribution >= 4 is 17.1 Å². The minimum Gasteiger partial charge on any atom is -0.465 e. The highest BCUT2D eigenvalue weighted by Gasteiger charge is 2.34. The standard InChI is InChI=1S/C16H20N4O4/c1-2-6-18-7-3-12-13(18)14(21)20(11-17-12)10-16(24)4-8-19(9-5-16)15(22)23/h2-3,7,11,24H,1,4-6,8-10H2,(H,22,23). The molecule has 3 heterocycles. The van der Waals surface area contributed by atoms with Gasteiger partial charge in [-0.25, -0.2) is 9.78 Å². The number of allylic oxidation sites excluding steroid dienone is 1. The third kappa shape index (κ3) is 2.92. The number of carboxylic acid groups (broad SMARTS) is 1. The first-order valence-corrected chi connectivity index (χ1v) is 7.79. The maximum atomic E-state index is 12.7. The van der Waals surface area contributed by atoms with Gasteiger partial charge in [0.05, 0.1) is 24.0 Å². The number of carbonyl (C=O) groups is 1. The van der Waals surface area contributed by atoms with E-state index >= 15 is 0 Å². The molecular weight excluding hydrogens is 312 g/mol. The van der Waals surface area contributed by atoms with Crippen LogP contribution in [0.1, 0.15) is 12.8 Å². The van der Waals surface area contributed by atoms with Crippen LogP contribution in [0.3, 0.4) is 0 Å². The van der Waals surface area contributed by atoms with E-state index in [1.165, 1.54) is 15.8 Å². The zero-order valence-corrected chi connectivity index (χ0v) is 13.3. The van der Waals surface area contributed by atoms with E-state index in [9.17, 15) is 14.7 Å². The summed E-state index contributed by atoms with van der Waals surface area (Å²) in [6, 6.07) is 1.77. The first-order valence-electron chi connectivity index (χ1n) is 7.79. The summed E-state index contributed by atoms with van der Waals surface area (Å²) in [5.74, 6) is 0. The first-order chi connectivity index (χ1) is 11.4. The molecule has 8 heteroatoms. The lowest BCUT2D eigenvalue weighted by atomic mass is 9.91. The number of amides is 1. The Balaban J connectivity index is 1.86. The number of hydrogen-bond donors (Lipinski definition) is 2.